The highest BCUT2D eigenvalue weighted by molar-refractivity contribution is 7.99. The van der Waals surface area contributed by atoms with Crippen molar-refractivity contribution in [3.8, 4) is 5.75 Å². The van der Waals surface area contributed by atoms with Gasteiger partial charge in [0.05, 0.1) is 18.2 Å². The standard InChI is InChI=1S/C19H22N4O2S2/c1-11-12(2)27-18-16(11)17(20)22-19(23-18)26-10-15(24)21-9-8-13-4-6-14(25-3)7-5-13/h4-7H,8-10H2,1-3H3,(H,21,24)(H2,20,22,23). The van der Waals surface area contributed by atoms with E-state index in [0.717, 1.165) is 33.5 Å². The molecule has 2 aromatic heterocycles. The number of benzene rings is 1. The van der Waals surface area contributed by atoms with Crippen molar-refractivity contribution in [2.24, 2.45) is 0 Å². The van der Waals surface area contributed by atoms with Crippen LogP contribution >= 0.6 is 23.1 Å². The van der Waals surface area contributed by atoms with Crippen LogP contribution in [0.4, 0.5) is 5.82 Å². The maximum absolute atomic E-state index is 12.1. The zero-order valence-corrected chi connectivity index (χ0v) is 17.2. The Morgan fingerprint density at radius 1 is 1.26 bits per heavy atom. The number of nitrogens with one attached hydrogen (secondary N) is 1. The molecule has 1 aromatic carbocycles. The molecule has 0 bridgehead atoms. The Bertz CT molecular complexity index is 954. The average molecular weight is 403 g/mol. The number of carbonyl (C=O) groups excluding carboxylic acids is 1. The Balaban J connectivity index is 1.50. The smallest absolute Gasteiger partial charge is 0.230 e. The van der Waals surface area contributed by atoms with E-state index in [-0.39, 0.29) is 11.7 Å². The fourth-order valence-electron chi connectivity index (χ4n) is 2.64. The van der Waals surface area contributed by atoms with E-state index in [9.17, 15) is 4.79 Å². The Morgan fingerprint density at radius 3 is 2.70 bits per heavy atom. The molecule has 0 spiro atoms. The molecule has 142 valence electrons. The lowest BCUT2D eigenvalue weighted by molar-refractivity contribution is -0.118. The molecule has 6 nitrogen and oxygen atoms in total. The maximum Gasteiger partial charge on any atom is 0.230 e. The zero-order chi connectivity index (χ0) is 19.4. The van der Waals surface area contributed by atoms with Gasteiger partial charge in [0.15, 0.2) is 5.16 Å². The number of nitrogens with two attached hydrogens (primary N) is 1. The number of methoxy groups -OCH3 is 1. The molecule has 2 heterocycles. The molecule has 0 atom stereocenters. The number of thioether (sulfide) groups is 1. The number of fused-ring (bicyclic) bond motifs is 1. The lowest BCUT2D eigenvalue weighted by Crippen LogP contribution is -2.27. The number of thiophene rings is 1. The van der Waals surface area contributed by atoms with Crippen LogP contribution in [0, 0.1) is 13.8 Å². The molecule has 0 radical (unpaired) electrons. The maximum atomic E-state index is 12.1. The molecule has 0 saturated carbocycles. The van der Waals surface area contributed by atoms with E-state index in [1.165, 1.54) is 16.6 Å². The topological polar surface area (TPSA) is 90.1 Å². The SMILES string of the molecule is COc1ccc(CCNC(=O)CSc2nc(N)c3c(C)c(C)sc3n2)cc1. The lowest BCUT2D eigenvalue weighted by atomic mass is 10.1. The second-order valence-corrected chi connectivity index (χ2v) is 8.24. The van der Waals surface area contributed by atoms with Crippen molar-refractivity contribution in [2.45, 2.75) is 25.4 Å². The van der Waals surface area contributed by atoms with E-state index in [1.54, 1.807) is 18.4 Å². The summed E-state index contributed by atoms with van der Waals surface area (Å²) in [4.78, 5) is 23.0. The molecule has 3 aromatic rings. The first-order valence-electron chi connectivity index (χ1n) is 8.53. The molecule has 0 fully saturated rings. The van der Waals surface area contributed by atoms with Crippen LogP contribution in [0.1, 0.15) is 16.0 Å². The van der Waals surface area contributed by atoms with Gasteiger partial charge in [-0.15, -0.1) is 11.3 Å². The minimum absolute atomic E-state index is 0.0469. The third-order valence-corrected chi connectivity index (χ3v) is 6.21. The summed E-state index contributed by atoms with van der Waals surface area (Å²) in [5.41, 5.74) is 8.35. The first-order valence-corrected chi connectivity index (χ1v) is 10.3. The van der Waals surface area contributed by atoms with Crippen molar-refractivity contribution < 1.29 is 9.53 Å². The number of rotatable bonds is 7. The van der Waals surface area contributed by atoms with Crippen molar-refractivity contribution in [1.82, 2.24) is 15.3 Å². The third-order valence-electron chi connectivity index (χ3n) is 4.26. The van der Waals surface area contributed by atoms with Gasteiger partial charge >= 0.3 is 0 Å². The number of aromatic nitrogens is 2. The quantitative estimate of drug-likeness (QED) is 0.465. The van der Waals surface area contributed by atoms with Crippen LogP contribution in [0.5, 0.6) is 5.75 Å². The lowest BCUT2D eigenvalue weighted by Gasteiger charge is -2.06. The minimum Gasteiger partial charge on any atom is -0.497 e. The van der Waals surface area contributed by atoms with Crippen molar-refractivity contribution >= 4 is 45.0 Å². The molecular weight excluding hydrogens is 380 g/mol. The Hall–Kier alpha value is -2.32. The zero-order valence-electron chi connectivity index (χ0n) is 15.5. The van der Waals surface area contributed by atoms with Crippen LogP contribution in [0.15, 0.2) is 29.4 Å². The summed E-state index contributed by atoms with van der Waals surface area (Å²) in [5, 5.41) is 4.38. The minimum atomic E-state index is -0.0469. The number of hydrogen-bond acceptors (Lipinski definition) is 7. The van der Waals surface area contributed by atoms with Crippen LogP contribution in [0.3, 0.4) is 0 Å². The highest BCUT2D eigenvalue weighted by Crippen LogP contribution is 2.33. The van der Waals surface area contributed by atoms with E-state index in [4.69, 9.17) is 10.5 Å². The summed E-state index contributed by atoms with van der Waals surface area (Å²) in [6, 6.07) is 7.82. The predicted molar refractivity (Wildman–Crippen MR) is 112 cm³/mol. The summed E-state index contributed by atoms with van der Waals surface area (Å²) in [7, 11) is 1.64. The second-order valence-electron chi connectivity index (χ2n) is 6.09. The van der Waals surface area contributed by atoms with Gasteiger partial charge in [-0.05, 0) is 43.5 Å². The van der Waals surface area contributed by atoms with Crippen LogP contribution < -0.4 is 15.8 Å². The Morgan fingerprint density at radius 2 is 2.00 bits per heavy atom. The van der Waals surface area contributed by atoms with Gasteiger partial charge in [0.1, 0.15) is 16.4 Å². The average Bonchev–Trinajstić information content (AvgIpc) is 2.95. The summed E-state index contributed by atoms with van der Waals surface area (Å²) < 4.78 is 5.14. The number of hydrogen-bond donors (Lipinski definition) is 2. The first kappa shape index (κ1) is 19.4. The van der Waals surface area contributed by atoms with Gasteiger partial charge < -0.3 is 15.8 Å². The van der Waals surface area contributed by atoms with Crippen molar-refractivity contribution in [3.05, 3.63) is 40.3 Å². The largest absolute Gasteiger partial charge is 0.497 e. The molecule has 0 unspecified atom stereocenters. The van der Waals surface area contributed by atoms with Crippen molar-refractivity contribution in [1.29, 1.82) is 0 Å². The fourth-order valence-corrected chi connectivity index (χ4v) is 4.42. The van der Waals surface area contributed by atoms with Crippen LogP contribution in [-0.4, -0.2) is 35.3 Å². The highest BCUT2D eigenvalue weighted by Gasteiger charge is 2.13. The molecule has 1 amide bonds. The highest BCUT2D eigenvalue weighted by atomic mass is 32.2. The van der Waals surface area contributed by atoms with Crippen LogP contribution in [0.25, 0.3) is 10.2 Å². The summed E-state index contributed by atoms with van der Waals surface area (Å²) in [5.74, 6) is 1.52. The van der Waals surface area contributed by atoms with Gasteiger partial charge in [-0.1, -0.05) is 23.9 Å². The molecule has 8 heteroatoms. The number of ether oxygens (including phenoxy) is 1. The number of nitrogen functional groups attached to an aromatic ring is 1. The molecule has 27 heavy (non-hydrogen) atoms. The van der Waals surface area contributed by atoms with Gasteiger partial charge in [0, 0.05) is 11.4 Å². The Kier molecular flexibility index (Phi) is 6.18. The molecular formula is C19H22N4O2S2. The normalized spacial score (nSPS) is 10.9. The van der Waals surface area contributed by atoms with E-state index in [0.29, 0.717) is 17.5 Å². The van der Waals surface area contributed by atoms with Crippen LogP contribution in [-0.2, 0) is 11.2 Å². The molecule has 3 rings (SSSR count). The monoisotopic (exact) mass is 402 g/mol. The number of nitrogens with zero attached hydrogens (tertiary/aromatic N) is 2. The van der Waals surface area contributed by atoms with Gasteiger partial charge in [-0.25, -0.2) is 9.97 Å². The second kappa shape index (κ2) is 8.58. The van der Waals surface area contributed by atoms with Gasteiger partial charge in [-0.3, -0.25) is 4.79 Å². The van der Waals surface area contributed by atoms with Gasteiger partial charge in [-0.2, -0.15) is 0 Å². The summed E-state index contributed by atoms with van der Waals surface area (Å²) in [6.45, 7) is 4.65. The molecule has 3 N–H and O–H groups in total. The first-order chi connectivity index (χ1) is 13.0. The van der Waals surface area contributed by atoms with Crippen molar-refractivity contribution in [3.63, 3.8) is 0 Å². The summed E-state index contributed by atoms with van der Waals surface area (Å²) >= 11 is 2.90. The van der Waals surface area contributed by atoms with E-state index in [1.807, 2.05) is 38.1 Å². The van der Waals surface area contributed by atoms with Gasteiger partial charge in [0.25, 0.3) is 0 Å². The molecule has 0 aliphatic rings. The van der Waals surface area contributed by atoms with Crippen LogP contribution in [0.2, 0.25) is 0 Å². The summed E-state index contributed by atoms with van der Waals surface area (Å²) in [6.07, 6.45) is 0.767. The fraction of sp³-hybridized carbons (Fsp3) is 0.316. The Labute approximate surface area is 166 Å². The number of carbonyl (C=O) groups is 1. The molecule has 0 aliphatic carbocycles. The van der Waals surface area contributed by atoms with Gasteiger partial charge in [0.2, 0.25) is 5.91 Å². The third kappa shape index (κ3) is 4.70. The van der Waals surface area contributed by atoms with E-state index >= 15 is 0 Å². The van der Waals surface area contributed by atoms with E-state index in [2.05, 4.69) is 15.3 Å². The molecule has 0 saturated heterocycles. The number of amides is 1. The number of aryl methyl sites for hydroxylation is 2. The number of anilines is 1. The predicted octanol–water partition coefficient (Wildman–Crippen LogP) is 3.35. The van der Waals surface area contributed by atoms with E-state index < -0.39 is 0 Å². The molecule has 0 aliphatic heterocycles. The van der Waals surface area contributed by atoms with Crippen molar-refractivity contribution in [2.75, 3.05) is 25.1 Å².